The van der Waals surface area contributed by atoms with Crippen LogP contribution in [0.25, 0.3) is 6.08 Å². The number of rotatable bonds is 2. The predicted molar refractivity (Wildman–Crippen MR) is 44.6 cm³/mol. The van der Waals surface area contributed by atoms with Crippen molar-refractivity contribution in [1.82, 2.24) is 0 Å². The lowest BCUT2D eigenvalue weighted by Gasteiger charge is -1.96. The summed E-state index contributed by atoms with van der Waals surface area (Å²) in [7, 11) is 0. The summed E-state index contributed by atoms with van der Waals surface area (Å²) in [6.45, 7) is 0. The van der Waals surface area contributed by atoms with Gasteiger partial charge >= 0.3 is 5.97 Å². The first-order chi connectivity index (χ1) is 6.49. The topological polar surface area (TPSA) is 57.5 Å². The first-order valence-corrected chi connectivity index (χ1v) is 3.59. The first kappa shape index (κ1) is 10.2. The molecule has 1 aromatic rings. The summed E-state index contributed by atoms with van der Waals surface area (Å²) in [5, 5.41) is 17.1. The van der Waals surface area contributed by atoms with Crippen molar-refractivity contribution in [1.29, 1.82) is 0 Å². The van der Waals surface area contributed by atoms with E-state index in [0.717, 1.165) is 18.2 Å². The average molecular weight is 200 g/mol. The summed E-state index contributed by atoms with van der Waals surface area (Å²) < 4.78 is 25.2. The number of carboxylic acids is 1. The van der Waals surface area contributed by atoms with Crippen LogP contribution in [-0.4, -0.2) is 16.2 Å². The molecule has 0 heterocycles. The molecule has 0 aromatic heterocycles. The number of aliphatic carboxylic acids is 1. The van der Waals surface area contributed by atoms with E-state index >= 15 is 0 Å². The van der Waals surface area contributed by atoms with Gasteiger partial charge in [-0.3, -0.25) is 0 Å². The van der Waals surface area contributed by atoms with Crippen LogP contribution in [0.3, 0.4) is 0 Å². The van der Waals surface area contributed by atoms with Crippen molar-refractivity contribution in [2.24, 2.45) is 0 Å². The highest BCUT2D eigenvalue weighted by Crippen LogP contribution is 2.10. The van der Waals surface area contributed by atoms with Gasteiger partial charge in [0, 0.05) is 6.07 Å². The molecular formula is C9H6F2O3. The maximum absolute atomic E-state index is 12.6. The van der Waals surface area contributed by atoms with Crippen molar-refractivity contribution in [3.8, 4) is 0 Å². The van der Waals surface area contributed by atoms with E-state index in [1.165, 1.54) is 0 Å². The maximum Gasteiger partial charge on any atom is 0.370 e. The standard InChI is InChI=1S/C9H6F2O3/c10-6-1-5(2-7(11)4-6)3-8(12)9(13)14/h1-4,12H,(H,13,14)/b8-3-. The third-order valence-electron chi connectivity index (χ3n) is 1.41. The zero-order valence-corrected chi connectivity index (χ0v) is 6.87. The minimum absolute atomic E-state index is 0.0533. The third kappa shape index (κ3) is 2.55. The fourth-order valence-electron chi connectivity index (χ4n) is 0.878. The van der Waals surface area contributed by atoms with Gasteiger partial charge in [-0.15, -0.1) is 0 Å². The maximum atomic E-state index is 12.6. The second kappa shape index (κ2) is 3.87. The zero-order valence-electron chi connectivity index (χ0n) is 6.87. The molecule has 1 rings (SSSR count). The molecular weight excluding hydrogens is 194 g/mol. The fourth-order valence-corrected chi connectivity index (χ4v) is 0.878. The molecule has 0 amide bonds. The highest BCUT2D eigenvalue weighted by molar-refractivity contribution is 5.89. The Morgan fingerprint density at radius 2 is 1.64 bits per heavy atom. The minimum Gasteiger partial charge on any atom is -0.502 e. The molecule has 2 N–H and O–H groups in total. The van der Waals surface area contributed by atoms with Crippen LogP contribution in [0.5, 0.6) is 0 Å². The van der Waals surface area contributed by atoms with Crippen LogP contribution >= 0.6 is 0 Å². The Kier molecular flexibility index (Phi) is 2.81. The van der Waals surface area contributed by atoms with Crippen LogP contribution in [0.2, 0.25) is 0 Å². The van der Waals surface area contributed by atoms with Crippen LogP contribution in [0.4, 0.5) is 8.78 Å². The summed E-state index contributed by atoms with van der Waals surface area (Å²) in [5.41, 5.74) is -0.0533. The van der Waals surface area contributed by atoms with Gasteiger partial charge in [-0.25, -0.2) is 13.6 Å². The lowest BCUT2D eigenvalue weighted by molar-refractivity contribution is -0.135. The summed E-state index contributed by atoms with van der Waals surface area (Å²) in [4.78, 5) is 10.2. The molecule has 0 unspecified atom stereocenters. The van der Waals surface area contributed by atoms with Gasteiger partial charge in [0.2, 0.25) is 5.76 Å². The normalized spacial score (nSPS) is 11.4. The predicted octanol–water partition coefficient (Wildman–Crippen LogP) is 1.95. The van der Waals surface area contributed by atoms with Gasteiger partial charge in [0.1, 0.15) is 11.6 Å². The molecule has 74 valence electrons. The first-order valence-electron chi connectivity index (χ1n) is 3.59. The SMILES string of the molecule is O=C(O)/C(O)=C/c1cc(F)cc(F)c1. The number of benzene rings is 1. The average Bonchev–Trinajstić information content (AvgIpc) is 2.01. The van der Waals surface area contributed by atoms with Gasteiger partial charge in [-0.05, 0) is 23.8 Å². The summed E-state index contributed by atoms with van der Waals surface area (Å²) in [6, 6.07) is 2.46. The Morgan fingerprint density at radius 1 is 1.14 bits per heavy atom. The lowest BCUT2D eigenvalue weighted by atomic mass is 10.2. The quantitative estimate of drug-likeness (QED) is 0.566. The molecule has 0 radical (unpaired) electrons. The summed E-state index contributed by atoms with van der Waals surface area (Å²) >= 11 is 0. The number of carbonyl (C=O) groups is 1. The molecule has 0 aliphatic heterocycles. The van der Waals surface area contributed by atoms with Crippen LogP contribution in [0.15, 0.2) is 24.0 Å². The van der Waals surface area contributed by atoms with E-state index in [4.69, 9.17) is 10.2 Å². The Morgan fingerprint density at radius 3 is 2.07 bits per heavy atom. The Hall–Kier alpha value is -1.91. The van der Waals surface area contributed by atoms with Gasteiger partial charge < -0.3 is 10.2 Å². The molecule has 0 saturated carbocycles. The highest BCUT2D eigenvalue weighted by Gasteiger charge is 2.05. The monoisotopic (exact) mass is 200 g/mol. The molecule has 14 heavy (non-hydrogen) atoms. The fraction of sp³-hybridized carbons (Fsp3) is 0. The lowest BCUT2D eigenvalue weighted by Crippen LogP contribution is -1.98. The zero-order chi connectivity index (χ0) is 10.7. The van der Waals surface area contributed by atoms with Crippen LogP contribution < -0.4 is 0 Å². The molecule has 0 bridgehead atoms. The van der Waals surface area contributed by atoms with E-state index in [0.29, 0.717) is 6.07 Å². The largest absolute Gasteiger partial charge is 0.502 e. The summed E-state index contributed by atoms with van der Waals surface area (Å²) in [6.07, 6.45) is 0.758. The van der Waals surface area contributed by atoms with Crippen LogP contribution in [0, 0.1) is 11.6 Å². The van der Waals surface area contributed by atoms with E-state index < -0.39 is 23.4 Å². The van der Waals surface area contributed by atoms with Gasteiger partial charge in [0.15, 0.2) is 0 Å². The number of halogens is 2. The van der Waals surface area contributed by atoms with Crippen molar-refractivity contribution < 1.29 is 23.8 Å². The van der Waals surface area contributed by atoms with Crippen molar-refractivity contribution in [2.75, 3.05) is 0 Å². The van der Waals surface area contributed by atoms with Crippen molar-refractivity contribution in [3.63, 3.8) is 0 Å². The van der Waals surface area contributed by atoms with Crippen molar-refractivity contribution >= 4 is 12.0 Å². The van der Waals surface area contributed by atoms with Gasteiger partial charge in [-0.2, -0.15) is 0 Å². The molecule has 0 aliphatic rings. The van der Waals surface area contributed by atoms with Crippen molar-refractivity contribution in [3.05, 3.63) is 41.2 Å². The molecule has 0 aliphatic carbocycles. The highest BCUT2D eigenvalue weighted by atomic mass is 19.1. The van der Waals surface area contributed by atoms with E-state index in [9.17, 15) is 13.6 Å². The number of aliphatic hydroxyl groups is 1. The third-order valence-corrected chi connectivity index (χ3v) is 1.41. The molecule has 0 spiro atoms. The number of hydrogen-bond donors (Lipinski definition) is 2. The minimum atomic E-state index is -1.56. The number of carboxylic acid groups (broad SMARTS) is 1. The van der Waals surface area contributed by atoms with E-state index in [1.54, 1.807) is 0 Å². The van der Waals surface area contributed by atoms with Crippen molar-refractivity contribution in [2.45, 2.75) is 0 Å². The molecule has 5 heteroatoms. The number of aliphatic hydroxyl groups excluding tert-OH is 1. The number of hydrogen-bond acceptors (Lipinski definition) is 2. The van der Waals surface area contributed by atoms with E-state index in [-0.39, 0.29) is 5.56 Å². The Bertz CT molecular complexity index is 379. The smallest absolute Gasteiger partial charge is 0.370 e. The van der Waals surface area contributed by atoms with Gasteiger partial charge in [0.25, 0.3) is 0 Å². The van der Waals surface area contributed by atoms with Crippen LogP contribution in [-0.2, 0) is 4.79 Å². The van der Waals surface area contributed by atoms with E-state index in [1.807, 2.05) is 0 Å². The Labute approximate surface area is 77.9 Å². The molecule has 1 aromatic carbocycles. The molecule has 0 atom stereocenters. The van der Waals surface area contributed by atoms with Gasteiger partial charge in [0.05, 0.1) is 0 Å². The Balaban J connectivity index is 3.08. The van der Waals surface area contributed by atoms with Crippen LogP contribution in [0.1, 0.15) is 5.56 Å². The molecule has 3 nitrogen and oxygen atoms in total. The summed E-state index contributed by atoms with van der Waals surface area (Å²) in [5.74, 6) is -4.21. The molecule has 0 fully saturated rings. The second-order valence-electron chi connectivity index (χ2n) is 2.54. The van der Waals surface area contributed by atoms with Gasteiger partial charge in [-0.1, -0.05) is 0 Å². The second-order valence-corrected chi connectivity index (χ2v) is 2.54. The molecule has 0 saturated heterocycles. The van der Waals surface area contributed by atoms with E-state index in [2.05, 4.69) is 0 Å².